The van der Waals surface area contributed by atoms with E-state index in [-0.39, 0.29) is 5.82 Å². The fourth-order valence-corrected chi connectivity index (χ4v) is 2.05. The van der Waals surface area contributed by atoms with Crippen LogP contribution in [0.1, 0.15) is 5.56 Å². The molecule has 3 N–H and O–H groups in total. The van der Waals surface area contributed by atoms with Crippen LogP contribution in [0.2, 0.25) is 0 Å². The molecule has 0 aliphatic heterocycles. The monoisotopic (exact) mass is 241 g/mol. The molecule has 0 fully saturated rings. The third-order valence-corrected chi connectivity index (χ3v) is 2.95. The molecule has 0 aliphatic rings. The Balaban J connectivity index is 2.19. The van der Waals surface area contributed by atoms with Crippen molar-refractivity contribution < 1.29 is 4.39 Å². The minimum absolute atomic E-state index is 0.239. The number of rotatable bonds is 1. The lowest BCUT2D eigenvalue weighted by Gasteiger charge is -2.01. The standard InChI is InChI=1S/C14H12FN3/c1-8-6-9(15)2-4-11(8)14-17-12-5-3-10(16)7-13(12)18-14/h2-7H,16H2,1H3,(H,17,18). The lowest BCUT2D eigenvalue weighted by molar-refractivity contribution is 0.627. The molecule has 3 nitrogen and oxygen atoms in total. The number of H-pyrrole nitrogens is 1. The smallest absolute Gasteiger partial charge is 0.138 e. The fraction of sp³-hybridized carbons (Fsp3) is 0.0714. The molecule has 0 unspecified atom stereocenters. The predicted octanol–water partition coefficient (Wildman–Crippen LogP) is 3.26. The average molecular weight is 241 g/mol. The van der Waals surface area contributed by atoms with E-state index in [0.717, 1.165) is 28.0 Å². The lowest BCUT2D eigenvalue weighted by atomic mass is 10.1. The molecule has 2 aromatic carbocycles. The first kappa shape index (κ1) is 10.8. The number of nitrogen functional groups attached to an aromatic ring is 1. The first-order chi connectivity index (χ1) is 8.63. The number of imidazole rings is 1. The molecule has 1 aromatic heterocycles. The Labute approximate surface area is 103 Å². The van der Waals surface area contributed by atoms with Crippen molar-refractivity contribution in [3.05, 3.63) is 47.8 Å². The van der Waals surface area contributed by atoms with Crippen molar-refractivity contribution in [2.45, 2.75) is 6.92 Å². The SMILES string of the molecule is Cc1cc(F)ccc1-c1nc2ccc(N)cc2[nH]1. The molecule has 0 radical (unpaired) electrons. The number of halogens is 1. The molecule has 0 amide bonds. The van der Waals surface area contributed by atoms with Crippen LogP contribution in [0.15, 0.2) is 36.4 Å². The van der Waals surface area contributed by atoms with Crippen molar-refractivity contribution in [1.82, 2.24) is 9.97 Å². The van der Waals surface area contributed by atoms with Gasteiger partial charge in [0, 0.05) is 11.3 Å². The summed E-state index contributed by atoms with van der Waals surface area (Å²) in [6, 6.07) is 10.2. The molecule has 0 bridgehead atoms. The summed E-state index contributed by atoms with van der Waals surface area (Å²) in [4.78, 5) is 7.68. The number of nitrogens with two attached hydrogens (primary N) is 1. The summed E-state index contributed by atoms with van der Waals surface area (Å²) in [6.07, 6.45) is 0. The summed E-state index contributed by atoms with van der Waals surface area (Å²) in [5, 5.41) is 0. The fourth-order valence-electron chi connectivity index (χ4n) is 2.05. The van der Waals surface area contributed by atoms with Crippen LogP contribution in [0.25, 0.3) is 22.4 Å². The second-order valence-electron chi connectivity index (χ2n) is 4.32. The third-order valence-electron chi connectivity index (χ3n) is 2.95. The number of aromatic amines is 1. The summed E-state index contributed by atoms with van der Waals surface area (Å²) in [5.74, 6) is 0.490. The first-order valence-corrected chi connectivity index (χ1v) is 5.65. The van der Waals surface area contributed by atoms with Crippen LogP contribution in [0.4, 0.5) is 10.1 Å². The number of hydrogen-bond donors (Lipinski definition) is 2. The Morgan fingerprint density at radius 2 is 2.00 bits per heavy atom. The van der Waals surface area contributed by atoms with Crippen LogP contribution in [-0.4, -0.2) is 9.97 Å². The topological polar surface area (TPSA) is 54.7 Å². The number of nitrogens with one attached hydrogen (secondary N) is 1. The number of benzene rings is 2. The number of anilines is 1. The average Bonchev–Trinajstić information content (AvgIpc) is 2.71. The Hall–Kier alpha value is -2.36. The van der Waals surface area contributed by atoms with Gasteiger partial charge in [-0.05, 0) is 48.9 Å². The molecule has 4 heteroatoms. The molecule has 3 aromatic rings. The van der Waals surface area contributed by atoms with Gasteiger partial charge in [-0.25, -0.2) is 9.37 Å². The summed E-state index contributed by atoms with van der Waals surface area (Å²) in [5.41, 5.74) is 9.89. The summed E-state index contributed by atoms with van der Waals surface area (Å²) in [7, 11) is 0. The van der Waals surface area contributed by atoms with Gasteiger partial charge in [-0.3, -0.25) is 0 Å². The minimum Gasteiger partial charge on any atom is -0.399 e. The Morgan fingerprint density at radius 1 is 1.17 bits per heavy atom. The van der Waals surface area contributed by atoms with Gasteiger partial charge in [0.1, 0.15) is 11.6 Å². The van der Waals surface area contributed by atoms with E-state index in [1.54, 1.807) is 6.07 Å². The summed E-state index contributed by atoms with van der Waals surface area (Å²) in [6.45, 7) is 1.86. The number of hydrogen-bond acceptors (Lipinski definition) is 2. The normalized spacial score (nSPS) is 11.0. The number of aromatic nitrogens is 2. The highest BCUT2D eigenvalue weighted by atomic mass is 19.1. The van der Waals surface area contributed by atoms with Crippen molar-refractivity contribution in [1.29, 1.82) is 0 Å². The van der Waals surface area contributed by atoms with E-state index in [2.05, 4.69) is 9.97 Å². The first-order valence-electron chi connectivity index (χ1n) is 5.65. The molecule has 0 saturated heterocycles. The highest BCUT2D eigenvalue weighted by Gasteiger charge is 2.08. The molecular formula is C14H12FN3. The van der Waals surface area contributed by atoms with Gasteiger partial charge in [0.15, 0.2) is 0 Å². The van der Waals surface area contributed by atoms with Gasteiger partial charge in [-0.15, -0.1) is 0 Å². The lowest BCUT2D eigenvalue weighted by Crippen LogP contribution is -1.86. The Morgan fingerprint density at radius 3 is 2.78 bits per heavy atom. The van der Waals surface area contributed by atoms with Crippen molar-refractivity contribution in [3.8, 4) is 11.4 Å². The van der Waals surface area contributed by atoms with Gasteiger partial charge in [0.2, 0.25) is 0 Å². The van der Waals surface area contributed by atoms with Gasteiger partial charge in [0.05, 0.1) is 11.0 Å². The maximum absolute atomic E-state index is 13.1. The van der Waals surface area contributed by atoms with Crippen LogP contribution in [0.5, 0.6) is 0 Å². The van der Waals surface area contributed by atoms with Crippen LogP contribution >= 0.6 is 0 Å². The van der Waals surface area contributed by atoms with Gasteiger partial charge in [-0.1, -0.05) is 0 Å². The minimum atomic E-state index is -0.239. The van der Waals surface area contributed by atoms with E-state index in [0.29, 0.717) is 5.69 Å². The zero-order chi connectivity index (χ0) is 12.7. The van der Waals surface area contributed by atoms with Gasteiger partial charge >= 0.3 is 0 Å². The zero-order valence-electron chi connectivity index (χ0n) is 9.87. The van der Waals surface area contributed by atoms with Crippen molar-refractivity contribution in [2.24, 2.45) is 0 Å². The van der Waals surface area contributed by atoms with Crippen LogP contribution < -0.4 is 5.73 Å². The molecule has 0 aliphatic carbocycles. The second-order valence-corrected chi connectivity index (χ2v) is 4.32. The van der Waals surface area contributed by atoms with Crippen molar-refractivity contribution in [3.63, 3.8) is 0 Å². The number of fused-ring (bicyclic) bond motifs is 1. The van der Waals surface area contributed by atoms with Gasteiger partial charge in [-0.2, -0.15) is 0 Å². The maximum Gasteiger partial charge on any atom is 0.138 e. The number of nitrogens with zero attached hydrogens (tertiary/aromatic N) is 1. The molecule has 3 rings (SSSR count). The number of aryl methyl sites for hydroxylation is 1. The largest absolute Gasteiger partial charge is 0.399 e. The van der Waals surface area contributed by atoms with Crippen LogP contribution in [0, 0.1) is 12.7 Å². The highest BCUT2D eigenvalue weighted by molar-refractivity contribution is 5.82. The van der Waals surface area contributed by atoms with E-state index in [9.17, 15) is 4.39 Å². The van der Waals surface area contributed by atoms with Crippen LogP contribution in [-0.2, 0) is 0 Å². The summed E-state index contributed by atoms with van der Waals surface area (Å²) < 4.78 is 13.1. The molecule has 90 valence electrons. The quantitative estimate of drug-likeness (QED) is 0.642. The Bertz CT molecular complexity index is 731. The van der Waals surface area contributed by atoms with Crippen molar-refractivity contribution >= 4 is 16.7 Å². The van der Waals surface area contributed by atoms with Crippen molar-refractivity contribution in [2.75, 3.05) is 5.73 Å². The van der Waals surface area contributed by atoms with E-state index in [4.69, 9.17) is 5.73 Å². The van der Waals surface area contributed by atoms with E-state index >= 15 is 0 Å². The predicted molar refractivity (Wildman–Crippen MR) is 70.6 cm³/mol. The third kappa shape index (κ3) is 1.72. The summed E-state index contributed by atoms with van der Waals surface area (Å²) >= 11 is 0. The molecule has 18 heavy (non-hydrogen) atoms. The van der Waals surface area contributed by atoms with E-state index in [1.165, 1.54) is 12.1 Å². The zero-order valence-corrected chi connectivity index (χ0v) is 9.87. The van der Waals surface area contributed by atoms with E-state index in [1.807, 2.05) is 25.1 Å². The molecule has 0 spiro atoms. The van der Waals surface area contributed by atoms with Gasteiger partial charge in [0.25, 0.3) is 0 Å². The maximum atomic E-state index is 13.1. The molecule has 0 atom stereocenters. The molecule has 0 saturated carbocycles. The second kappa shape index (κ2) is 3.84. The van der Waals surface area contributed by atoms with Gasteiger partial charge < -0.3 is 10.7 Å². The van der Waals surface area contributed by atoms with Crippen LogP contribution in [0.3, 0.4) is 0 Å². The molecular weight excluding hydrogens is 229 g/mol. The highest BCUT2D eigenvalue weighted by Crippen LogP contribution is 2.24. The Kier molecular flexibility index (Phi) is 2.30. The molecule has 1 heterocycles. The van der Waals surface area contributed by atoms with E-state index < -0.39 is 0 Å².